The Labute approximate surface area is 183 Å². The number of aromatic nitrogens is 3. The molecule has 9 nitrogen and oxygen atoms in total. The number of anilines is 1. The lowest BCUT2D eigenvalue weighted by Crippen LogP contribution is -2.55. The van der Waals surface area contributed by atoms with Crippen LogP contribution in [0.1, 0.15) is 55.8 Å². The van der Waals surface area contributed by atoms with Crippen molar-refractivity contribution in [3.8, 4) is 0 Å². The van der Waals surface area contributed by atoms with E-state index in [0.717, 1.165) is 87.4 Å². The van der Waals surface area contributed by atoms with Crippen LogP contribution in [0.4, 0.5) is 5.82 Å². The Hall–Kier alpha value is -2.23. The zero-order valence-electron chi connectivity index (χ0n) is 18.3. The first kappa shape index (κ1) is 20.7. The Kier molecular flexibility index (Phi) is 5.58. The second-order valence-corrected chi connectivity index (χ2v) is 9.39. The first-order valence-corrected chi connectivity index (χ1v) is 11.7. The lowest BCUT2D eigenvalue weighted by Gasteiger charge is -2.39. The molecule has 0 saturated carbocycles. The molecule has 3 saturated heterocycles. The standard InChI is InChI=1S/C22H34N8O/c1-14-12-30-19(26-21(14)28-10-7-15(23)13-28)11-17(27-30)18-6-2-3-9-29(18)22(31)16-5-4-8-25-20(16)24/h11-12,15-16,18,20,25H,2-10,13,23-24H2,1H3/t15-,16?,18-,20?/m0/s1. The second-order valence-electron chi connectivity index (χ2n) is 9.39. The van der Waals surface area contributed by atoms with Gasteiger partial charge in [-0.2, -0.15) is 5.10 Å². The summed E-state index contributed by atoms with van der Waals surface area (Å²) in [6, 6.07) is 2.25. The van der Waals surface area contributed by atoms with E-state index >= 15 is 0 Å². The topological polar surface area (TPSA) is 118 Å². The molecule has 5 rings (SSSR count). The maximum absolute atomic E-state index is 13.4. The zero-order chi connectivity index (χ0) is 21.5. The number of nitrogens with two attached hydrogens (primary N) is 2. The second kappa shape index (κ2) is 8.37. The number of rotatable bonds is 3. The third kappa shape index (κ3) is 3.90. The van der Waals surface area contributed by atoms with E-state index in [9.17, 15) is 4.79 Å². The molecular formula is C22H34N8O. The monoisotopic (exact) mass is 426 g/mol. The molecule has 5 N–H and O–H groups in total. The highest BCUT2D eigenvalue weighted by molar-refractivity contribution is 5.80. The molecule has 3 aliphatic heterocycles. The van der Waals surface area contributed by atoms with Crippen molar-refractivity contribution >= 4 is 17.4 Å². The van der Waals surface area contributed by atoms with Gasteiger partial charge in [0.2, 0.25) is 5.91 Å². The molecule has 1 amide bonds. The number of fused-ring (bicyclic) bond motifs is 1. The predicted octanol–water partition coefficient (Wildman–Crippen LogP) is 0.913. The third-order valence-electron chi connectivity index (χ3n) is 7.10. The summed E-state index contributed by atoms with van der Waals surface area (Å²) in [6.07, 6.45) is 7.67. The number of piperidine rings is 2. The van der Waals surface area contributed by atoms with Crippen molar-refractivity contribution in [3.63, 3.8) is 0 Å². The summed E-state index contributed by atoms with van der Waals surface area (Å²) < 4.78 is 1.86. The van der Waals surface area contributed by atoms with Crippen LogP contribution in [0.25, 0.3) is 5.65 Å². The molecule has 4 atom stereocenters. The number of aryl methyl sites for hydroxylation is 1. The van der Waals surface area contributed by atoms with Gasteiger partial charge in [0.25, 0.3) is 0 Å². The van der Waals surface area contributed by atoms with Crippen molar-refractivity contribution in [1.82, 2.24) is 24.8 Å². The molecule has 0 aromatic carbocycles. The van der Waals surface area contributed by atoms with Crippen molar-refractivity contribution in [2.45, 2.75) is 63.7 Å². The Morgan fingerprint density at radius 1 is 1.16 bits per heavy atom. The quantitative estimate of drug-likeness (QED) is 0.668. The fraction of sp³-hybridized carbons (Fsp3) is 0.682. The van der Waals surface area contributed by atoms with E-state index in [1.54, 1.807) is 0 Å². The molecule has 0 spiro atoms. The van der Waals surface area contributed by atoms with Crippen LogP contribution in [0.15, 0.2) is 12.3 Å². The average molecular weight is 427 g/mol. The summed E-state index contributed by atoms with van der Waals surface area (Å²) in [7, 11) is 0. The summed E-state index contributed by atoms with van der Waals surface area (Å²) in [4.78, 5) is 22.6. The van der Waals surface area contributed by atoms with Gasteiger partial charge < -0.3 is 26.6 Å². The number of likely N-dealkylation sites (tertiary alicyclic amines) is 1. The van der Waals surface area contributed by atoms with E-state index < -0.39 is 0 Å². The van der Waals surface area contributed by atoms with Gasteiger partial charge in [0.15, 0.2) is 5.65 Å². The van der Waals surface area contributed by atoms with Crippen LogP contribution in [0.2, 0.25) is 0 Å². The summed E-state index contributed by atoms with van der Waals surface area (Å²) in [6.45, 7) is 5.50. The highest BCUT2D eigenvalue weighted by Gasteiger charge is 2.37. The van der Waals surface area contributed by atoms with E-state index in [1.807, 2.05) is 21.7 Å². The molecular weight excluding hydrogens is 392 g/mol. The normalized spacial score (nSPS) is 29.6. The SMILES string of the molecule is Cc1cn2nc([C@@H]3CCCCN3C(=O)C3CCCNC3N)cc2nc1N1CC[C@H](N)C1. The molecule has 2 unspecified atom stereocenters. The van der Waals surface area contributed by atoms with E-state index in [1.165, 1.54) is 0 Å². The van der Waals surface area contributed by atoms with Gasteiger partial charge in [-0.15, -0.1) is 0 Å². The van der Waals surface area contributed by atoms with Crippen molar-refractivity contribution in [1.29, 1.82) is 0 Å². The Bertz CT molecular complexity index is 958. The van der Waals surface area contributed by atoms with Crippen LogP contribution >= 0.6 is 0 Å². The molecule has 0 bridgehead atoms. The van der Waals surface area contributed by atoms with Crippen LogP contribution in [0.5, 0.6) is 0 Å². The Morgan fingerprint density at radius 2 is 2.03 bits per heavy atom. The van der Waals surface area contributed by atoms with Crippen LogP contribution in [0.3, 0.4) is 0 Å². The highest BCUT2D eigenvalue weighted by Crippen LogP contribution is 2.33. The first-order chi connectivity index (χ1) is 15.0. The minimum Gasteiger partial charge on any atom is -0.355 e. The number of nitrogens with zero attached hydrogens (tertiary/aromatic N) is 5. The van der Waals surface area contributed by atoms with Crippen molar-refractivity contribution < 1.29 is 4.79 Å². The molecule has 168 valence electrons. The van der Waals surface area contributed by atoms with Crippen LogP contribution in [0, 0.1) is 12.8 Å². The van der Waals surface area contributed by atoms with E-state index in [-0.39, 0.29) is 30.1 Å². The largest absolute Gasteiger partial charge is 0.355 e. The molecule has 5 heterocycles. The maximum Gasteiger partial charge on any atom is 0.229 e. The molecule has 2 aromatic rings. The van der Waals surface area contributed by atoms with Crippen LogP contribution < -0.4 is 21.7 Å². The number of hydrogen-bond acceptors (Lipinski definition) is 7. The fourth-order valence-corrected chi connectivity index (χ4v) is 5.39. The van der Waals surface area contributed by atoms with Gasteiger partial charge in [-0.25, -0.2) is 9.50 Å². The van der Waals surface area contributed by atoms with Gasteiger partial charge in [-0.05, 0) is 52.0 Å². The fourth-order valence-electron chi connectivity index (χ4n) is 5.39. The van der Waals surface area contributed by atoms with Crippen molar-refractivity contribution in [3.05, 3.63) is 23.5 Å². The number of carbonyl (C=O) groups is 1. The van der Waals surface area contributed by atoms with Gasteiger partial charge >= 0.3 is 0 Å². The van der Waals surface area contributed by atoms with Gasteiger partial charge in [-0.1, -0.05) is 0 Å². The molecule has 2 aromatic heterocycles. The van der Waals surface area contributed by atoms with Gasteiger partial charge in [0.05, 0.1) is 23.8 Å². The molecule has 3 fully saturated rings. The predicted molar refractivity (Wildman–Crippen MR) is 120 cm³/mol. The number of hydrogen-bond donors (Lipinski definition) is 3. The highest BCUT2D eigenvalue weighted by atomic mass is 16.2. The molecule has 3 aliphatic rings. The minimum absolute atomic E-state index is 0.0129. The molecule has 31 heavy (non-hydrogen) atoms. The van der Waals surface area contributed by atoms with Crippen molar-refractivity contribution in [2.75, 3.05) is 31.1 Å². The summed E-state index contributed by atoms with van der Waals surface area (Å²) in [5.74, 6) is 0.998. The number of amides is 1. The maximum atomic E-state index is 13.4. The van der Waals surface area contributed by atoms with Crippen molar-refractivity contribution in [2.24, 2.45) is 17.4 Å². The third-order valence-corrected chi connectivity index (χ3v) is 7.10. The van der Waals surface area contributed by atoms with Crippen LogP contribution in [-0.4, -0.2) is 63.8 Å². The first-order valence-electron chi connectivity index (χ1n) is 11.7. The lowest BCUT2D eigenvalue weighted by atomic mass is 9.91. The number of carbonyl (C=O) groups excluding carboxylic acids is 1. The molecule has 9 heteroatoms. The molecule has 0 radical (unpaired) electrons. The van der Waals surface area contributed by atoms with E-state index in [0.29, 0.717) is 0 Å². The summed E-state index contributed by atoms with van der Waals surface area (Å²) >= 11 is 0. The van der Waals surface area contributed by atoms with Crippen LogP contribution in [-0.2, 0) is 4.79 Å². The van der Waals surface area contributed by atoms with Gasteiger partial charge in [-0.3, -0.25) is 4.79 Å². The lowest BCUT2D eigenvalue weighted by molar-refractivity contribution is -0.141. The van der Waals surface area contributed by atoms with Gasteiger partial charge in [0, 0.05) is 43.5 Å². The van der Waals surface area contributed by atoms with E-state index in [4.69, 9.17) is 21.5 Å². The Morgan fingerprint density at radius 3 is 2.81 bits per heavy atom. The van der Waals surface area contributed by atoms with Gasteiger partial charge in [0.1, 0.15) is 5.82 Å². The Balaban J connectivity index is 1.43. The average Bonchev–Trinajstić information content (AvgIpc) is 3.38. The minimum atomic E-state index is -0.261. The van der Waals surface area contributed by atoms with E-state index in [2.05, 4.69) is 17.1 Å². The summed E-state index contributed by atoms with van der Waals surface area (Å²) in [5, 5.41) is 8.10. The number of nitrogens with one attached hydrogen (secondary N) is 1. The summed E-state index contributed by atoms with van der Waals surface area (Å²) in [5.41, 5.74) is 15.2. The molecule has 0 aliphatic carbocycles. The smallest absolute Gasteiger partial charge is 0.229 e. The zero-order valence-corrected chi connectivity index (χ0v) is 18.3.